The predicted molar refractivity (Wildman–Crippen MR) is 108 cm³/mol. The van der Waals surface area contributed by atoms with Crippen LogP contribution in [0.25, 0.3) is 0 Å². The van der Waals surface area contributed by atoms with E-state index in [2.05, 4.69) is 26.3 Å². The molecule has 0 amide bonds. The molecule has 0 aliphatic carbocycles. The minimum atomic E-state index is 0. The molecule has 24 heavy (non-hydrogen) atoms. The molecule has 1 unspecified atom stereocenters. The van der Waals surface area contributed by atoms with Crippen LogP contribution in [0.5, 0.6) is 0 Å². The van der Waals surface area contributed by atoms with Gasteiger partial charge in [-0.2, -0.15) is 0 Å². The Kier molecular flexibility index (Phi) is 6.68. The van der Waals surface area contributed by atoms with E-state index in [1.807, 2.05) is 38.3 Å². The molecule has 0 saturated carbocycles. The summed E-state index contributed by atoms with van der Waals surface area (Å²) in [5.41, 5.74) is 1.52. The van der Waals surface area contributed by atoms with E-state index in [-0.39, 0.29) is 24.0 Å². The highest BCUT2D eigenvalue weighted by Gasteiger charge is 2.42. The Labute approximate surface area is 161 Å². The molecule has 0 aromatic carbocycles. The molecule has 7 heteroatoms. The van der Waals surface area contributed by atoms with Crippen molar-refractivity contribution < 1.29 is 4.74 Å². The number of guanidine groups is 1. The van der Waals surface area contributed by atoms with Crippen molar-refractivity contribution in [1.82, 2.24) is 15.2 Å². The highest BCUT2D eigenvalue weighted by Crippen LogP contribution is 2.38. The number of rotatable bonds is 3. The molecule has 1 N–H and O–H groups in total. The van der Waals surface area contributed by atoms with E-state index in [1.165, 1.54) is 12.8 Å². The van der Waals surface area contributed by atoms with Gasteiger partial charge in [0.2, 0.25) is 0 Å². The van der Waals surface area contributed by atoms with Crippen molar-refractivity contribution in [2.45, 2.75) is 19.4 Å². The smallest absolute Gasteiger partial charge is 0.193 e. The zero-order valence-corrected chi connectivity index (χ0v) is 17.1. The first-order chi connectivity index (χ1) is 11.1. The van der Waals surface area contributed by atoms with Crippen molar-refractivity contribution in [2.24, 2.45) is 10.4 Å². The van der Waals surface area contributed by atoms with Crippen LogP contribution in [0.3, 0.4) is 0 Å². The second kappa shape index (κ2) is 8.33. The molecule has 1 aromatic rings. The number of anilines is 1. The number of aliphatic imine (C=N–C) groups is 1. The molecular weight excluding hydrogens is 417 g/mol. The molecule has 2 aliphatic rings. The maximum absolute atomic E-state index is 5.60. The normalized spacial score (nSPS) is 23.5. The van der Waals surface area contributed by atoms with Crippen molar-refractivity contribution in [3.63, 3.8) is 0 Å². The molecule has 0 bridgehead atoms. The summed E-state index contributed by atoms with van der Waals surface area (Å²) in [6.45, 7) is 4.65. The summed E-state index contributed by atoms with van der Waals surface area (Å²) in [5.74, 6) is 1.95. The number of aromatic nitrogens is 1. The van der Waals surface area contributed by atoms with Gasteiger partial charge in [-0.3, -0.25) is 4.99 Å². The molecule has 2 aliphatic heterocycles. The Bertz CT molecular complexity index is 555. The molecule has 1 spiro atoms. The van der Waals surface area contributed by atoms with Gasteiger partial charge in [-0.05, 0) is 24.5 Å². The zero-order chi connectivity index (χ0) is 16.3. The van der Waals surface area contributed by atoms with Crippen molar-refractivity contribution in [3.8, 4) is 0 Å². The maximum atomic E-state index is 5.60. The summed E-state index contributed by atoms with van der Waals surface area (Å²) in [4.78, 5) is 13.3. The standard InChI is InChI=1S/C17H27N5O.HI/c1-18-16(22-8-6-17(12-22)7-9-23-13-17)20-11-14-4-5-15(19-10-14)21(2)3;/h4-5,10H,6-9,11-13H2,1-3H3,(H,18,20);1H. The van der Waals surface area contributed by atoms with Gasteiger partial charge in [0.05, 0.1) is 6.61 Å². The lowest BCUT2D eigenvalue weighted by atomic mass is 9.87. The summed E-state index contributed by atoms with van der Waals surface area (Å²) in [6.07, 6.45) is 4.30. The Morgan fingerprint density at radius 1 is 1.42 bits per heavy atom. The largest absolute Gasteiger partial charge is 0.381 e. The quantitative estimate of drug-likeness (QED) is 0.438. The number of hydrogen-bond donors (Lipinski definition) is 1. The number of pyridine rings is 1. The average Bonchev–Trinajstić information content (AvgIpc) is 3.19. The van der Waals surface area contributed by atoms with E-state index >= 15 is 0 Å². The molecule has 1 atom stereocenters. The highest BCUT2D eigenvalue weighted by atomic mass is 127. The molecule has 134 valence electrons. The minimum absolute atomic E-state index is 0. The molecule has 1 aromatic heterocycles. The van der Waals surface area contributed by atoms with Gasteiger partial charge in [0, 0.05) is 59.0 Å². The second-order valence-electron chi connectivity index (χ2n) is 6.79. The summed E-state index contributed by atoms with van der Waals surface area (Å²) in [6, 6.07) is 4.15. The van der Waals surface area contributed by atoms with Gasteiger partial charge in [-0.25, -0.2) is 4.98 Å². The lowest BCUT2D eigenvalue weighted by Gasteiger charge is -2.25. The Balaban J connectivity index is 0.00000208. The zero-order valence-electron chi connectivity index (χ0n) is 14.8. The number of ether oxygens (including phenoxy) is 1. The average molecular weight is 445 g/mol. The topological polar surface area (TPSA) is 53.0 Å². The Morgan fingerprint density at radius 2 is 2.25 bits per heavy atom. The minimum Gasteiger partial charge on any atom is -0.381 e. The number of nitrogens with zero attached hydrogens (tertiary/aromatic N) is 4. The van der Waals surface area contributed by atoms with Crippen LogP contribution < -0.4 is 10.2 Å². The van der Waals surface area contributed by atoms with E-state index in [0.29, 0.717) is 5.41 Å². The Morgan fingerprint density at radius 3 is 2.83 bits per heavy atom. The highest BCUT2D eigenvalue weighted by molar-refractivity contribution is 14.0. The molecular formula is C17H28IN5O. The van der Waals surface area contributed by atoms with Crippen LogP contribution in [0, 0.1) is 5.41 Å². The van der Waals surface area contributed by atoms with Gasteiger partial charge in [0.25, 0.3) is 0 Å². The fraction of sp³-hybridized carbons (Fsp3) is 0.647. The SMILES string of the molecule is CN=C(NCc1ccc(N(C)C)nc1)N1CCC2(CCOC2)C1.I. The number of hydrogen-bond acceptors (Lipinski definition) is 4. The summed E-state index contributed by atoms with van der Waals surface area (Å²) in [7, 11) is 5.85. The molecule has 2 saturated heterocycles. The van der Waals surface area contributed by atoms with Crippen LogP contribution in [0.2, 0.25) is 0 Å². The van der Waals surface area contributed by atoms with Gasteiger partial charge < -0.3 is 19.9 Å². The van der Waals surface area contributed by atoms with E-state index < -0.39 is 0 Å². The van der Waals surface area contributed by atoms with Crippen molar-refractivity contribution in [2.75, 3.05) is 52.3 Å². The third-order valence-corrected chi connectivity index (χ3v) is 4.85. The van der Waals surface area contributed by atoms with Crippen LogP contribution in [-0.2, 0) is 11.3 Å². The summed E-state index contributed by atoms with van der Waals surface area (Å²) >= 11 is 0. The first-order valence-corrected chi connectivity index (χ1v) is 8.27. The third kappa shape index (κ3) is 4.30. The second-order valence-corrected chi connectivity index (χ2v) is 6.79. The van der Waals surface area contributed by atoms with Crippen molar-refractivity contribution >= 4 is 35.8 Å². The van der Waals surface area contributed by atoms with Gasteiger partial charge in [-0.1, -0.05) is 6.07 Å². The number of nitrogens with one attached hydrogen (secondary N) is 1. The lowest BCUT2D eigenvalue weighted by Crippen LogP contribution is -2.41. The fourth-order valence-corrected chi connectivity index (χ4v) is 3.39. The lowest BCUT2D eigenvalue weighted by molar-refractivity contribution is 0.156. The van der Waals surface area contributed by atoms with Gasteiger partial charge in [0.15, 0.2) is 5.96 Å². The van der Waals surface area contributed by atoms with Crippen molar-refractivity contribution in [1.29, 1.82) is 0 Å². The van der Waals surface area contributed by atoms with Gasteiger partial charge >= 0.3 is 0 Å². The fourth-order valence-electron chi connectivity index (χ4n) is 3.39. The number of halogens is 1. The summed E-state index contributed by atoms with van der Waals surface area (Å²) < 4.78 is 5.60. The van der Waals surface area contributed by atoms with Crippen LogP contribution in [0.4, 0.5) is 5.82 Å². The molecule has 3 rings (SSSR count). The van der Waals surface area contributed by atoms with Crippen LogP contribution >= 0.6 is 24.0 Å². The van der Waals surface area contributed by atoms with Gasteiger partial charge in [-0.15, -0.1) is 24.0 Å². The van der Waals surface area contributed by atoms with E-state index in [0.717, 1.165) is 50.2 Å². The van der Waals surface area contributed by atoms with Gasteiger partial charge in [0.1, 0.15) is 5.82 Å². The van der Waals surface area contributed by atoms with Crippen LogP contribution in [-0.4, -0.2) is 63.3 Å². The van der Waals surface area contributed by atoms with E-state index in [4.69, 9.17) is 4.74 Å². The third-order valence-electron chi connectivity index (χ3n) is 4.85. The maximum Gasteiger partial charge on any atom is 0.193 e. The van der Waals surface area contributed by atoms with Crippen molar-refractivity contribution in [3.05, 3.63) is 23.9 Å². The van der Waals surface area contributed by atoms with Crippen LogP contribution in [0.1, 0.15) is 18.4 Å². The number of likely N-dealkylation sites (tertiary alicyclic amines) is 1. The molecule has 2 fully saturated rings. The van der Waals surface area contributed by atoms with E-state index in [9.17, 15) is 0 Å². The summed E-state index contributed by atoms with van der Waals surface area (Å²) in [5, 5.41) is 3.46. The van der Waals surface area contributed by atoms with Crippen LogP contribution in [0.15, 0.2) is 23.3 Å². The molecule has 6 nitrogen and oxygen atoms in total. The first-order valence-electron chi connectivity index (χ1n) is 8.27. The van der Waals surface area contributed by atoms with E-state index in [1.54, 1.807) is 0 Å². The molecule has 0 radical (unpaired) electrons. The molecule has 3 heterocycles. The first kappa shape index (κ1) is 19.2. The predicted octanol–water partition coefficient (Wildman–Crippen LogP) is 1.95. The monoisotopic (exact) mass is 445 g/mol. The Hall–Kier alpha value is -1.09.